The number of ether oxygens (including phenoxy) is 2. The van der Waals surface area contributed by atoms with Gasteiger partial charge in [-0.1, -0.05) is 44.5 Å². The van der Waals surface area contributed by atoms with Crippen molar-refractivity contribution in [2.24, 2.45) is 5.41 Å². The Morgan fingerprint density at radius 1 is 1.00 bits per heavy atom. The van der Waals surface area contributed by atoms with Crippen molar-refractivity contribution in [2.45, 2.75) is 40.0 Å². The fraction of sp³-hybridized carbons (Fsp3) is 0.364. The second-order valence-corrected chi connectivity index (χ2v) is 6.44. The smallest absolute Gasteiger partial charge is 0.331 e. The van der Waals surface area contributed by atoms with Gasteiger partial charge in [-0.2, -0.15) is 5.26 Å². The van der Waals surface area contributed by atoms with Crippen LogP contribution in [0.3, 0.4) is 0 Å². The minimum atomic E-state index is -1.12. The van der Waals surface area contributed by atoms with Gasteiger partial charge < -0.3 is 9.47 Å². The molecule has 0 N–H and O–H groups in total. The van der Waals surface area contributed by atoms with E-state index in [0.29, 0.717) is 12.2 Å². The molecular weight excluding hydrogens is 326 g/mol. The van der Waals surface area contributed by atoms with Crippen molar-refractivity contribution in [1.82, 2.24) is 0 Å². The van der Waals surface area contributed by atoms with Gasteiger partial charge in [0, 0.05) is 0 Å². The van der Waals surface area contributed by atoms with Crippen molar-refractivity contribution in [2.75, 3.05) is 6.61 Å². The number of carbonyl (C=O) groups is 1. The van der Waals surface area contributed by atoms with Crippen LogP contribution in [0.25, 0.3) is 11.1 Å². The second-order valence-electron chi connectivity index (χ2n) is 6.44. The molecule has 4 nitrogen and oxygen atoms in total. The topological polar surface area (TPSA) is 59.3 Å². The van der Waals surface area contributed by atoms with E-state index in [2.05, 4.69) is 6.92 Å². The van der Waals surface area contributed by atoms with Crippen LogP contribution in [0.5, 0.6) is 11.5 Å². The summed E-state index contributed by atoms with van der Waals surface area (Å²) < 4.78 is 11.0. The first kappa shape index (κ1) is 19.5. The summed E-state index contributed by atoms with van der Waals surface area (Å²) in [6.07, 6.45) is 2.57. The minimum absolute atomic E-state index is 0.410. The predicted octanol–water partition coefficient (Wildman–Crippen LogP) is 5.38. The zero-order valence-corrected chi connectivity index (χ0v) is 15.6. The van der Waals surface area contributed by atoms with Gasteiger partial charge in [0.2, 0.25) is 0 Å². The summed E-state index contributed by atoms with van der Waals surface area (Å²) in [5, 5.41) is 9.16. The molecule has 2 rings (SSSR count). The molecule has 0 amide bonds. The summed E-state index contributed by atoms with van der Waals surface area (Å²) in [5.41, 5.74) is 0.955. The Bertz CT molecular complexity index is 759. The molecule has 136 valence electrons. The number of hydrogen-bond donors (Lipinski definition) is 0. The Morgan fingerprint density at radius 3 is 2.00 bits per heavy atom. The standard InChI is InChI=1S/C22H25NO3/c1-4-6-15-25-19-11-7-17(8-12-19)18-9-13-20(14-10-18)26-21(24)22(3,5-2)16-23/h7-14H,4-6,15H2,1-3H3. The largest absolute Gasteiger partial charge is 0.494 e. The van der Waals surface area contributed by atoms with Gasteiger partial charge in [-0.15, -0.1) is 0 Å². The van der Waals surface area contributed by atoms with Gasteiger partial charge in [-0.3, -0.25) is 0 Å². The van der Waals surface area contributed by atoms with Gasteiger partial charge in [-0.05, 0) is 55.2 Å². The average Bonchev–Trinajstić information content (AvgIpc) is 2.68. The van der Waals surface area contributed by atoms with Gasteiger partial charge in [0.1, 0.15) is 11.5 Å². The molecule has 1 unspecified atom stereocenters. The molecule has 0 aromatic heterocycles. The maximum absolute atomic E-state index is 12.1. The molecule has 4 heteroatoms. The van der Waals surface area contributed by atoms with Gasteiger partial charge >= 0.3 is 5.97 Å². The Labute approximate surface area is 155 Å². The van der Waals surface area contributed by atoms with Crippen molar-refractivity contribution in [3.8, 4) is 28.7 Å². The molecule has 0 aliphatic carbocycles. The van der Waals surface area contributed by atoms with Gasteiger partial charge in [0.05, 0.1) is 12.7 Å². The van der Waals surface area contributed by atoms with E-state index in [1.54, 1.807) is 26.0 Å². The minimum Gasteiger partial charge on any atom is -0.494 e. The van der Waals surface area contributed by atoms with Crippen LogP contribution in [0.4, 0.5) is 0 Å². The SMILES string of the molecule is CCCCOc1ccc(-c2ccc(OC(=O)C(C)(C#N)CC)cc2)cc1. The number of nitrogens with zero attached hydrogens (tertiary/aromatic N) is 1. The van der Waals surface area contributed by atoms with E-state index in [1.165, 1.54) is 0 Å². The highest BCUT2D eigenvalue weighted by Gasteiger charge is 2.33. The molecule has 0 bridgehead atoms. The third-order valence-electron chi connectivity index (χ3n) is 4.42. The van der Waals surface area contributed by atoms with Crippen LogP contribution in [-0.2, 0) is 4.79 Å². The molecule has 26 heavy (non-hydrogen) atoms. The molecule has 0 radical (unpaired) electrons. The van der Waals surface area contributed by atoms with Crippen LogP contribution in [0.1, 0.15) is 40.0 Å². The van der Waals surface area contributed by atoms with E-state index in [1.807, 2.05) is 42.5 Å². The molecule has 0 aliphatic rings. The first-order chi connectivity index (χ1) is 12.5. The number of nitriles is 1. The van der Waals surface area contributed by atoms with E-state index in [0.717, 1.165) is 36.3 Å². The lowest BCUT2D eigenvalue weighted by atomic mass is 9.90. The number of carbonyl (C=O) groups excluding carboxylic acids is 1. The number of rotatable bonds is 8. The highest BCUT2D eigenvalue weighted by Crippen LogP contribution is 2.27. The lowest BCUT2D eigenvalue weighted by molar-refractivity contribution is -0.141. The fourth-order valence-corrected chi connectivity index (χ4v) is 2.28. The summed E-state index contributed by atoms with van der Waals surface area (Å²) in [5.74, 6) is 0.778. The fourth-order valence-electron chi connectivity index (χ4n) is 2.28. The lowest BCUT2D eigenvalue weighted by Crippen LogP contribution is -2.29. The highest BCUT2D eigenvalue weighted by molar-refractivity contribution is 5.81. The van der Waals surface area contributed by atoms with Crippen LogP contribution < -0.4 is 9.47 Å². The summed E-state index contributed by atoms with van der Waals surface area (Å²) >= 11 is 0. The molecular formula is C22H25NO3. The van der Waals surface area contributed by atoms with Crippen LogP contribution >= 0.6 is 0 Å². The van der Waals surface area contributed by atoms with E-state index < -0.39 is 11.4 Å². The van der Waals surface area contributed by atoms with E-state index in [4.69, 9.17) is 14.7 Å². The number of benzene rings is 2. The van der Waals surface area contributed by atoms with Gasteiger partial charge in [-0.25, -0.2) is 4.79 Å². The second kappa shape index (κ2) is 9.05. The lowest BCUT2D eigenvalue weighted by Gasteiger charge is -2.17. The molecule has 0 heterocycles. The number of esters is 1. The van der Waals surface area contributed by atoms with Crippen LogP contribution in [0, 0.1) is 16.7 Å². The summed E-state index contributed by atoms with van der Waals surface area (Å²) in [6.45, 7) is 6.25. The Morgan fingerprint density at radius 2 is 1.54 bits per heavy atom. The van der Waals surface area contributed by atoms with Crippen LogP contribution in [-0.4, -0.2) is 12.6 Å². The molecule has 1 atom stereocenters. The van der Waals surface area contributed by atoms with Crippen molar-refractivity contribution in [3.63, 3.8) is 0 Å². The molecule has 2 aromatic rings. The maximum Gasteiger partial charge on any atom is 0.331 e. The average molecular weight is 351 g/mol. The molecule has 2 aromatic carbocycles. The summed E-state index contributed by atoms with van der Waals surface area (Å²) in [6, 6.07) is 17.2. The summed E-state index contributed by atoms with van der Waals surface area (Å²) in [7, 11) is 0. The number of unbranched alkanes of at least 4 members (excludes halogenated alkanes) is 1. The van der Waals surface area contributed by atoms with Gasteiger partial charge in [0.15, 0.2) is 5.41 Å². The Balaban J connectivity index is 2.03. The quantitative estimate of drug-likeness (QED) is 0.364. The normalized spacial score (nSPS) is 12.7. The maximum atomic E-state index is 12.1. The third kappa shape index (κ3) is 4.86. The zero-order chi connectivity index (χ0) is 19.0. The van der Waals surface area contributed by atoms with Crippen molar-refractivity contribution >= 4 is 5.97 Å². The molecule has 0 spiro atoms. The third-order valence-corrected chi connectivity index (χ3v) is 4.42. The highest BCUT2D eigenvalue weighted by atomic mass is 16.5. The number of hydrogen-bond acceptors (Lipinski definition) is 4. The molecule has 0 fully saturated rings. The predicted molar refractivity (Wildman–Crippen MR) is 102 cm³/mol. The molecule has 0 saturated heterocycles. The van der Waals surface area contributed by atoms with E-state index >= 15 is 0 Å². The molecule has 0 aliphatic heterocycles. The van der Waals surface area contributed by atoms with Crippen molar-refractivity contribution < 1.29 is 14.3 Å². The van der Waals surface area contributed by atoms with Crippen LogP contribution in [0.2, 0.25) is 0 Å². The zero-order valence-electron chi connectivity index (χ0n) is 15.6. The van der Waals surface area contributed by atoms with E-state index in [9.17, 15) is 4.79 Å². The first-order valence-corrected chi connectivity index (χ1v) is 8.99. The molecule has 0 saturated carbocycles. The first-order valence-electron chi connectivity index (χ1n) is 8.99. The van der Waals surface area contributed by atoms with Crippen molar-refractivity contribution in [3.05, 3.63) is 48.5 Å². The summed E-state index contributed by atoms with van der Waals surface area (Å²) in [4.78, 5) is 12.1. The van der Waals surface area contributed by atoms with Crippen molar-refractivity contribution in [1.29, 1.82) is 5.26 Å². The Hall–Kier alpha value is -2.80. The van der Waals surface area contributed by atoms with Crippen LogP contribution in [0.15, 0.2) is 48.5 Å². The monoisotopic (exact) mass is 351 g/mol. The van der Waals surface area contributed by atoms with E-state index in [-0.39, 0.29) is 0 Å². The Kier molecular flexibility index (Phi) is 6.80. The van der Waals surface area contributed by atoms with Gasteiger partial charge in [0.25, 0.3) is 0 Å².